The highest BCUT2D eigenvalue weighted by atomic mass is 15.0. The highest BCUT2D eigenvalue weighted by Crippen LogP contribution is 2.28. The van der Waals surface area contributed by atoms with Crippen LogP contribution in [0.4, 0.5) is 11.8 Å². The summed E-state index contributed by atoms with van der Waals surface area (Å²) in [5.74, 6) is 0.603. The van der Waals surface area contributed by atoms with Gasteiger partial charge in [-0.1, -0.05) is 0 Å². The molecule has 6 nitrogen and oxygen atoms in total. The second kappa shape index (κ2) is 3.92. The highest BCUT2D eigenvalue weighted by molar-refractivity contribution is 5.98. The van der Waals surface area contributed by atoms with Gasteiger partial charge < -0.3 is 11.5 Å². The predicted molar refractivity (Wildman–Crippen MR) is 69.4 cm³/mol. The fourth-order valence-electron chi connectivity index (χ4n) is 1.80. The van der Waals surface area contributed by atoms with Gasteiger partial charge in [0, 0.05) is 30.4 Å². The zero-order valence-corrected chi connectivity index (χ0v) is 9.41. The van der Waals surface area contributed by atoms with Crippen molar-refractivity contribution >= 4 is 22.7 Å². The zero-order valence-electron chi connectivity index (χ0n) is 9.41. The number of pyridine rings is 2. The topological polar surface area (TPSA) is 104 Å². The van der Waals surface area contributed by atoms with Crippen molar-refractivity contribution in [1.29, 1.82) is 0 Å². The molecule has 0 aliphatic heterocycles. The van der Waals surface area contributed by atoms with E-state index < -0.39 is 0 Å². The van der Waals surface area contributed by atoms with Crippen LogP contribution in [-0.2, 0) is 0 Å². The summed E-state index contributed by atoms with van der Waals surface area (Å²) in [7, 11) is 0. The zero-order chi connectivity index (χ0) is 12.5. The van der Waals surface area contributed by atoms with Gasteiger partial charge in [0.05, 0.1) is 10.9 Å². The summed E-state index contributed by atoms with van der Waals surface area (Å²) in [5, 5.41) is 0.693. The number of nitrogen functional groups attached to an aromatic ring is 2. The highest BCUT2D eigenvalue weighted by Gasteiger charge is 2.09. The molecule has 0 unspecified atom stereocenters. The molecule has 0 spiro atoms. The summed E-state index contributed by atoms with van der Waals surface area (Å²) in [6.07, 6.45) is 6.69. The van der Waals surface area contributed by atoms with Crippen LogP contribution in [0.5, 0.6) is 0 Å². The lowest BCUT2D eigenvalue weighted by molar-refractivity contribution is 1.22. The van der Waals surface area contributed by atoms with E-state index in [1.54, 1.807) is 24.8 Å². The third-order valence-corrected chi connectivity index (χ3v) is 2.66. The molecule has 0 atom stereocenters. The summed E-state index contributed by atoms with van der Waals surface area (Å²) in [5.41, 5.74) is 13.9. The van der Waals surface area contributed by atoms with Crippen molar-refractivity contribution in [3.8, 4) is 11.1 Å². The van der Waals surface area contributed by atoms with Gasteiger partial charge in [-0.05, 0) is 17.7 Å². The van der Waals surface area contributed by atoms with E-state index in [0.717, 1.165) is 11.1 Å². The molecule has 3 aromatic rings. The summed E-state index contributed by atoms with van der Waals surface area (Å²) in [6.45, 7) is 0. The second-order valence-electron chi connectivity index (χ2n) is 3.78. The van der Waals surface area contributed by atoms with Crippen LogP contribution in [0.2, 0.25) is 0 Å². The SMILES string of the molecule is Nc1ncc2c(N)ncc(-c3ccncc3)c2n1. The maximum atomic E-state index is 5.81. The first-order valence-corrected chi connectivity index (χ1v) is 5.33. The van der Waals surface area contributed by atoms with Gasteiger partial charge in [-0.2, -0.15) is 0 Å². The predicted octanol–water partition coefficient (Wildman–Crippen LogP) is 1.25. The number of hydrogen-bond acceptors (Lipinski definition) is 6. The van der Waals surface area contributed by atoms with Gasteiger partial charge >= 0.3 is 0 Å². The number of nitrogens with zero attached hydrogens (tertiary/aromatic N) is 4. The van der Waals surface area contributed by atoms with E-state index in [9.17, 15) is 0 Å². The first kappa shape index (κ1) is 10.4. The summed E-state index contributed by atoms with van der Waals surface area (Å²) >= 11 is 0. The molecule has 0 aliphatic carbocycles. The number of aromatic nitrogens is 4. The van der Waals surface area contributed by atoms with Crippen LogP contribution in [0, 0.1) is 0 Å². The summed E-state index contributed by atoms with van der Waals surface area (Å²) in [6, 6.07) is 3.76. The van der Waals surface area contributed by atoms with E-state index in [1.807, 2.05) is 12.1 Å². The van der Waals surface area contributed by atoms with Crippen molar-refractivity contribution in [2.45, 2.75) is 0 Å². The van der Waals surface area contributed by atoms with Gasteiger partial charge in [0.1, 0.15) is 5.82 Å². The Morgan fingerprint density at radius 1 is 0.944 bits per heavy atom. The number of fused-ring (bicyclic) bond motifs is 1. The standard InChI is InChI=1S/C12H10N6/c13-11-9-6-17-12(14)18-10(9)8(5-16-11)7-1-3-15-4-2-7/h1-6H,(H2,13,16)(H2,14,17,18). The molecule has 3 rings (SSSR count). The molecule has 3 aromatic heterocycles. The largest absolute Gasteiger partial charge is 0.383 e. The minimum atomic E-state index is 0.211. The molecular formula is C12H10N6. The average molecular weight is 238 g/mol. The van der Waals surface area contributed by atoms with Gasteiger partial charge in [0.25, 0.3) is 0 Å². The van der Waals surface area contributed by atoms with E-state index in [4.69, 9.17) is 11.5 Å². The number of rotatable bonds is 1. The van der Waals surface area contributed by atoms with Gasteiger partial charge in [-0.15, -0.1) is 0 Å². The molecule has 6 heteroatoms. The monoisotopic (exact) mass is 238 g/mol. The molecule has 0 bridgehead atoms. The van der Waals surface area contributed by atoms with Gasteiger partial charge in [0.2, 0.25) is 5.95 Å². The first-order valence-electron chi connectivity index (χ1n) is 5.33. The molecule has 0 amide bonds. The van der Waals surface area contributed by atoms with E-state index in [1.165, 1.54) is 0 Å². The van der Waals surface area contributed by atoms with Gasteiger partial charge in [-0.3, -0.25) is 4.98 Å². The third-order valence-electron chi connectivity index (χ3n) is 2.66. The fraction of sp³-hybridized carbons (Fsp3) is 0. The normalized spacial score (nSPS) is 10.7. The lowest BCUT2D eigenvalue weighted by atomic mass is 10.1. The Hall–Kier alpha value is -2.76. The average Bonchev–Trinajstić information content (AvgIpc) is 2.40. The van der Waals surface area contributed by atoms with Crippen LogP contribution in [0.1, 0.15) is 0 Å². The lowest BCUT2D eigenvalue weighted by Crippen LogP contribution is -1.99. The van der Waals surface area contributed by atoms with Crippen LogP contribution in [0.25, 0.3) is 22.0 Å². The van der Waals surface area contributed by atoms with E-state index in [-0.39, 0.29) is 5.95 Å². The Morgan fingerprint density at radius 3 is 2.50 bits per heavy atom. The first-order chi connectivity index (χ1) is 8.75. The van der Waals surface area contributed by atoms with Crippen molar-refractivity contribution < 1.29 is 0 Å². The number of anilines is 2. The van der Waals surface area contributed by atoms with Crippen molar-refractivity contribution in [2.24, 2.45) is 0 Å². The molecule has 0 saturated heterocycles. The Balaban J connectivity index is 2.37. The minimum Gasteiger partial charge on any atom is -0.383 e. The molecule has 0 fully saturated rings. The van der Waals surface area contributed by atoms with E-state index in [0.29, 0.717) is 16.7 Å². The molecule has 3 heterocycles. The van der Waals surface area contributed by atoms with Crippen LogP contribution in [0.3, 0.4) is 0 Å². The Morgan fingerprint density at radius 2 is 1.72 bits per heavy atom. The van der Waals surface area contributed by atoms with Crippen LogP contribution < -0.4 is 11.5 Å². The maximum absolute atomic E-state index is 5.81. The summed E-state index contributed by atoms with van der Waals surface area (Å²) in [4.78, 5) is 16.3. The molecule has 0 aromatic carbocycles. The van der Waals surface area contributed by atoms with Gasteiger partial charge in [-0.25, -0.2) is 15.0 Å². The quantitative estimate of drug-likeness (QED) is 0.661. The van der Waals surface area contributed by atoms with E-state index in [2.05, 4.69) is 19.9 Å². The molecule has 4 N–H and O–H groups in total. The van der Waals surface area contributed by atoms with Crippen molar-refractivity contribution in [2.75, 3.05) is 11.5 Å². The molecule has 88 valence electrons. The van der Waals surface area contributed by atoms with E-state index >= 15 is 0 Å². The molecule has 0 radical (unpaired) electrons. The van der Waals surface area contributed by atoms with Crippen molar-refractivity contribution in [1.82, 2.24) is 19.9 Å². The number of hydrogen-bond donors (Lipinski definition) is 2. The molecule has 0 aliphatic rings. The second-order valence-corrected chi connectivity index (χ2v) is 3.78. The molecular weight excluding hydrogens is 228 g/mol. The molecule has 18 heavy (non-hydrogen) atoms. The third kappa shape index (κ3) is 1.60. The molecule has 0 saturated carbocycles. The fourth-order valence-corrected chi connectivity index (χ4v) is 1.80. The maximum Gasteiger partial charge on any atom is 0.220 e. The Kier molecular flexibility index (Phi) is 2.26. The van der Waals surface area contributed by atoms with Gasteiger partial charge in [0.15, 0.2) is 0 Å². The lowest BCUT2D eigenvalue weighted by Gasteiger charge is -2.07. The van der Waals surface area contributed by atoms with Crippen LogP contribution in [-0.4, -0.2) is 19.9 Å². The minimum absolute atomic E-state index is 0.211. The summed E-state index contributed by atoms with van der Waals surface area (Å²) < 4.78 is 0. The Bertz CT molecular complexity index is 710. The van der Waals surface area contributed by atoms with Crippen molar-refractivity contribution in [3.05, 3.63) is 36.9 Å². The van der Waals surface area contributed by atoms with Crippen molar-refractivity contribution in [3.63, 3.8) is 0 Å². The van der Waals surface area contributed by atoms with Crippen LogP contribution >= 0.6 is 0 Å². The number of nitrogens with two attached hydrogens (primary N) is 2. The Labute approximate surface area is 103 Å². The smallest absolute Gasteiger partial charge is 0.220 e. The van der Waals surface area contributed by atoms with Crippen LogP contribution in [0.15, 0.2) is 36.9 Å².